The lowest BCUT2D eigenvalue weighted by atomic mass is 9.94. The molecule has 0 aromatic rings. The molecule has 0 aromatic heterocycles. The van der Waals surface area contributed by atoms with Crippen LogP contribution < -0.4 is 5.73 Å². The van der Waals surface area contributed by atoms with Gasteiger partial charge < -0.3 is 5.73 Å². The van der Waals surface area contributed by atoms with Crippen LogP contribution in [0.4, 0.5) is 0 Å². The summed E-state index contributed by atoms with van der Waals surface area (Å²) in [7, 11) is 0. The molecule has 0 aliphatic rings. The average molecular weight is 284 g/mol. The predicted octanol–water partition coefficient (Wildman–Crippen LogP) is 6.45. The van der Waals surface area contributed by atoms with Crippen LogP contribution in [-0.4, -0.2) is 6.54 Å². The van der Waals surface area contributed by atoms with E-state index in [0.717, 1.165) is 12.5 Å². The van der Waals surface area contributed by atoms with Crippen molar-refractivity contribution in [2.45, 2.75) is 110 Å². The summed E-state index contributed by atoms with van der Waals surface area (Å²) in [6.45, 7) is 5.48. The molecule has 0 aliphatic carbocycles. The maximum Gasteiger partial charge on any atom is -0.00489 e. The molecular weight excluding hydrogens is 242 g/mol. The lowest BCUT2D eigenvalue weighted by Crippen LogP contribution is -2.14. The molecule has 1 nitrogen and oxygen atoms in total. The standard InChI is InChI=1S/C19H41N/c1-3-5-7-9-11-13-15-17-19(18-20)16-14-12-10-8-6-4-2/h19H,3-18,20H2,1-2H3. The van der Waals surface area contributed by atoms with E-state index >= 15 is 0 Å². The molecule has 0 aromatic carbocycles. The Hall–Kier alpha value is -0.0400. The molecule has 0 saturated carbocycles. The van der Waals surface area contributed by atoms with Crippen LogP contribution in [0, 0.1) is 5.92 Å². The summed E-state index contributed by atoms with van der Waals surface area (Å²) in [6.07, 6.45) is 21.1. The van der Waals surface area contributed by atoms with Crippen molar-refractivity contribution < 1.29 is 0 Å². The van der Waals surface area contributed by atoms with Crippen molar-refractivity contribution in [1.29, 1.82) is 0 Å². The van der Waals surface area contributed by atoms with Gasteiger partial charge in [0.05, 0.1) is 0 Å². The van der Waals surface area contributed by atoms with Crippen molar-refractivity contribution in [3.63, 3.8) is 0 Å². The topological polar surface area (TPSA) is 26.0 Å². The van der Waals surface area contributed by atoms with E-state index in [4.69, 9.17) is 5.73 Å². The average Bonchev–Trinajstić information content (AvgIpc) is 2.47. The zero-order chi connectivity index (χ0) is 14.9. The number of rotatable bonds is 16. The highest BCUT2D eigenvalue weighted by molar-refractivity contribution is 4.61. The molecule has 122 valence electrons. The molecule has 1 unspecified atom stereocenters. The highest BCUT2D eigenvalue weighted by atomic mass is 14.5. The Balaban J connectivity index is 3.29. The Kier molecular flexibility index (Phi) is 17.0. The van der Waals surface area contributed by atoms with Gasteiger partial charge in [0.2, 0.25) is 0 Å². The fourth-order valence-corrected chi connectivity index (χ4v) is 2.98. The first-order valence-electron chi connectivity index (χ1n) is 9.55. The number of nitrogens with two attached hydrogens (primary N) is 1. The Morgan fingerprint density at radius 2 is 0.900 bits per heavy atom. The fraction of sp³-hybridized carbons (Fsp3) is 1.00. The van der Waals surface area contributed by atoms with E-state index in [1.807, 2.05) is 0 Å². The van der Waals surface area contributed by atoms with E-state index in [2.05, 4.69) is 13.8 Å². The second kappa shape index (κ2) is 17.0. The Morgan fingerprint density at radius 1 is 0.550 bits per heavy atom. The maximum atomic E-state index is 5.92. The highest BCUT2D eigenvalue weighted by Crippen LogP contribution is 2.18. The number of hydrogen-bond donors (Lipinski definition) is 1. The lowest BCUT2D eigenvalue weighted by Gasteiger charge is -2.14. The van der Waals surface area contributed by atoms with Crippen molar-refractivity contribution in [3.05, 3.63) is 0 Å². The third-order valence-electron chi connectivity index (χ3n) is 4.52. The second-order valence-electron chi connectivity index (χ2n) is 6.57. The summed E-state index contributed by atoms with van der Waals surface area (Å²) in [6, 6.07) is 0. The fourth-order valence-electron chi connectivity index (χ4n) is 2.98. The van der Waals surface area contributed by atoms with Gasteiger partial charge in [-0.25, -0.2) is 0 Å². The van der Waals surface area contributed by atoms with Gasteiger partial charge in [-0.1, -0.05) is 97.3 Å². The molecule has 0 spiro atoms. The minimum atomic E-state index is 0.803. The largest absolute Gasteiger partial charge is 0.330 e. The van der Waals surface area contributed by atoms with Crippen LogP contribution in [-0.2, 0) is 0 Å². The molecule has 0 rings (SSSR count). The molecule has 0 saturated heterocycles. The second-order valence-corrected chi connectivity index (χ2v) is 6.57. The first kappa shape index (κ1) is 20.0. The first-order chi connectivity index (χ1) is 9.85. The molecule has 2 N–H and O–H groups in total. The van der Waals surface area contributed by atoms with Gasteiger partial charge in [0.15, 0.2) is 0 Å². The highest BCUT2D eigenvalue weighted by Gasteiger charge is 2.06. The molecule has 0 fully saturated rings. The van der Waals surface area contributed by atoms with Gasteiger partial charge >= 0.3 is 0 Å². The SMILES string of the molecule is CCCCCCCCCC(CN)CCCCCCCC. The first-order valence-corrected chi connectivity index (χ1v) is 9.55. The summed E-state index contributed by atoms with van der Waals surface area (Å²) in [4.78, 5) is 0. The quantitative estimate of drug-likeness (QED) is 0.323. The maximum absolute atomic E-state index is 5.92. The molecule has 0 heterocycles. The van der Waals surface area contributed by atoms with Crippen LogP contribution in [0.25, 0.3) is 0 Å². The summed E-state index contributed by atoms with van der Waals surface area (Å²) >= 11 is 0. The molecule has 1 atom stereocenters. The van der Waals surface area contributed by atoms with Crippen LogP contribution in [0.1, 0.15) is 110 Å². The van der Waals surface area contributed by atoms with Gasteiger partial charge in [0.1, 0.15) is 0 Å². The molecule has 0 aliphatic heterocycles. The van der Waals surface area contributed by atoms with Crippen molar-refractivity contribution >= 4 is 0 Å². The minimum Gasteiger partial charge on any atom is -0.330 e. The van der Waals surface area contributed by atoms with Crippen molar-refractivity contribution in [2.75, 3.05) is 6.54 Å². The zero-order valence-corrected chi connectivity index (χ0v) is 14.5. The molecule has 0 amide bonds. The van der Waals surface area contributed by atoms with E-state index in [1.165, 1.54) is 96.3 Å². The monoisotopic (exact) mass is 283 g/mol. The number of hydrogen-bond acceptors (Lipinski definition) is 1. The van der Waals surface area contributed by atoms with Crippen LogP contribution in [0.15, 0.2) is 0 Å². The summed E-state index contributed by atoms with van der Waals surface area (Å²) in [5.41, 5.74) is 5.92. The molecule has 0 bridgehead atoms. The van der Waals surface area contributed by atoms with Gasteiger partial charge in [0.25, 0.3) is 0 Å². The third-order valence-corrected chi connectivity index (χ3v) is 4.52. The van der Waals surface area contributed by atoms with Gasteiger partial charge in [-0.15, -0.1) is 0 Å². The van der Waals surface area contributed by atoms with E-state index in [-0.39, 0.29) is 0 Å². The molecule has 0 radical (unpaired) electrons. The Bertz CT molecular complexity index is 167. The molecular formula is C19H41N. The van der Waals surface area contributed by atoms with E-state index in [0.29, 0.717) is 0 Å². The Morgan fingerprint density at radius 3 is 1.25 bits per heavy atom. The predicted molar refractivity (Wildman–Crippen MR) is 93.1 cm³/mol. The Labute approximate surface area is 129 Å². The van der Waals surface area contributed by atoms with Gasteiger partial charge in [-0.05, 0) is 25.3 Å². The van der Waals surface area contributed by atoms with Gasteiger partial charge in [-0.2, -0.15) is 0 Å². The van der Waals surface area contributed by atoms with Crippen LogP contribution in [0.3, 0.4) is 0 Å². The summed E-state index contributed by atoms with van der Waals surface area (Å²) < 4.78 is 0. The number of unbranched alkanes of at least 4 members (excludes halogenated alkanes) is 11. The van der Waals surface area contributed by atoms with Gasteiger partial charge in [0, 0.05) is 0 Å². The molecule has 20 heavy (non-hydrogen) atoms. The lowest BCUT2D eigenvalue weighted by molar-refractivity contribution is 0.410. The van der Waals surface area contributed by atoms with E-state index in [1.54, 1.807) is 0 Å². The summed E-state index contributed by atoms with van der Waals surface area (Å²) in [5, 5.41) is 0. The van der Waals surface area contributed by atoms with Gasteiger partial charge in [-0.3, -0.25) is 0 Å². The zero-order valence-electron chi connectivity index (χ0n) is 14.5. The van der Waals surface area contributed by atoms with Crippen LogP contribution >= 0.6 is 0 Å². The van der Waals surface area contributed by atoms with Crippen LogP contribution in [0.5, 0.6) is 0 Å². The van der Waals surface area contributed by atoms with Crippen molar-refractivity contribution in [3.8, 4) is 0 Å². The third kappa shape index (κ3) is 14.4. The molecule has 1 heteroatoms. The smallest absolute Gasteiger partial charge is 0.00489 e. The van der Waals surface area contributed by atoms with E-state index in [9.17, 15) is 0 Å². The van der Waals surface area contributed by atoms with Crippen LogP contribution in [0.2, 0.25) is 0 Å². The normalized spacial score (nSPS) is 12.8. The minimum absolute atomic E-state index is 0.803. The van der Waals surface area contributed by atoms with E-state index < -0.39 is 0 Å². The van der Waals surface area contributed by atoms with Crippen molar-refractivity contribution in [1.82, 2.24) is 0 Å². The van der Waals surface area contributed by atoms with Crippen molar-refractivity contribution in [2.24, 2.45) is 11.7 Å². The summed E-state index contributed by atoms with van der Waals surface area (Å²) in [5.74, 6) is 0.803.